The molecule has 0 aromatic carbocycles. The molecule has 0 fully saturated rings. The lowest BCUT2D eigenvalue weighted by molar-refractivity contribution is 0.282. The van der Waals surface area contributed by atoms with Crippen LogP contribution in [0, 0.1) is 5.92 Å². The molecule has 0 spiro atoms. The van der Waals surface area contributed by atoms with Crippen LogP contribution in [0.4, 0.5) is 0 Å². The van der Waals surface area contributed by atoms with E-state index in [4.69, 9.17) is 5.11 Å². The standard InChI is InChI=1S/C37H76O/c1-3-37(2)35-33-31-29-27-25-23-21-19-17-15-13-11-9-7-5-4-6-8-10-12-14-16-18-20-22-24-26-28-30-32-34-36-38/h37-38H,3-36H2,1-2H3. The summed E-state index contributed by atoms with van der Waals surface area (Å²) in [4.78, 5) is 0. The van der Waals surface area contributed by atoms with Crippen LogP contribution < -0.4 is 0 Å². The fourth-order valence-corrected chi connectivity index (χ4v) is 5.94. The maximum atomic E-state index is 8.79. The van der Waals surface area contributed by atoms with Gasteiger partial charge in [0.15, 0.2) is 0 Å². The summed E-state index contributed by atoms with van der Waals surface area (Å²) in [6.07, 6.45) is 47.5. The van der Waals surface area contributed by atoms with Crippen molar-refractivity contribution in [1.29, 1.82) is 0 Å². The third-order valence-corrected chi connectivity index (χ3v) is 9.05. The molecule has 0 saturated carbocycles. The molecule has 0 heterocycles. The summed E-state index contributed by atoms with van der Waals surface area (Å²) in [7, 11) is 0. The van der Waals surface area contributed by atoms with Crippen LogP contribution in [0.15, 0.2) is 0 Å². The minimum absolute atomic E-state index is 0.374. The van der Waals surface area contributed by atoms with Crippen molar-refractivity contribution in [2.45, 2.75) is 226 Å². The summed E-state index contributed by atoms with van der Waals surface area (Å²) in [6, 6.07) is 0. The van der Waals surface area contributed by atoms with E-state index in [-0.39, 0.29) is 0 Å². The molecule has 0 rings (SSSR count). The molecule has 1 nitrogen and oxygen atoms in total. The molecule has 38 heavy (non-hydrogen) atoms. The Morgan fingerprint density at radius 1 is 0.316 bits per heavy atom. The van der Waals surface area contributed by atoms with Crippen molar-refractivity contribution >= 4 is 0 Å². The van der Waals surface area contributed by atoms with E-state index < -0.39 is 0 Å². The first-order chi connectivity index (χ1) is 18.8. The summed E-state index contributed by atoms with van der Waals surface area (Å²) in [5.74, 6) is 0.944. The summed E-state index contributed by atoms with van der Waals surface area (Å²) in [6.45, 7) is 5.10. The van der Waals surface area contributed by atoms with E-state index in [9.17, 15) is 0 Å². The normalized spacial score (nSPS) is 12.4. The SMILES string of the molecule is CCC(C)CCCCCCCCCCCCCCCCCCCCCCCCCCCCCCCCCO. The van der Waals surface area contributed by atoms with Crippen molar-refractivity contribution < 1.29 is 5.11 Å². The third-order valence-electron chi connectivity index (χ3n) is 9.05. The second-order valence-corrected chi connectivity index (χ2v) is 13.0. The molecule has 0 aromatic heterocycles. The van der Waals surface area contributed by atoms with Crippen LogP contribution >= 0.6 is 0 Å². The van der Waals surface area contributed by atoms with Gasteiger partial charge in [0.05, 0.1) is 0 Å². The molecule has 1 heteroatoms. The highest BCUT2D eigenvalue weighted by Crippen LogP contribution is 2.17. The average Bonchev–Trinajstić information content (AvgIpc) is 2.93. The Morgan fingerprint density at radius 2 is 0.500 bits per heavy atom. The predicted molar refractivity (Wildman–Crippen MR) is 174 cm³/mol. The zero-order valence-corrected chi connectivity index (χ0v) is 27.1. The van der Waals surface area contributed by atoms with Gasteiger partial charge in [0.2, 0.25) is 0 Å². The molecule has 0 aromatic rings. The first kappa shape index (κ1) is 38.0. The lowest BCUT2D eigenvalue weighted by Gasteiger charge is -2.07. The van der Waals surface area contributed by atoms with Gasteiger partial charge in [-0.2, -0.15) is 0 Å². The first-order valence-corrected chi connectivity index (χ1v) is 18.4. The van der Waals surface area contributed by atoms with E-state index in [2.05, 4.69) is 13.8 Å². The smallest absolute Gasteiger partial charge is 0.0431 e. The Labute approximate surface area is 243 Å². The molecular formula is C37H76O. The molecule has 230 valence electrons. The molecule has 1 atom stereocenters. The van der Waals surface area contributed by atoms with Crippen LogP contribution in [0.1, 0.15) is 226 Å². The Balaban J connectivity index is 3.03. The Hall–Kier alpha value is -0.0400. The van der Waals surface area contributed by atoms with Gasteiger partial charge in [-0.1, -0.05) is 219 Å². The Morgan fingerprint density at radius 3 is 0.684 bits per heavy atom. The average molecular weight is 537 g/mol. The Bertz CT molecular complexity index is 392. The van der Waals surface area contributed by atoms with Crippen molar-refractivity contribution in [2.24, 2.45) is 5.92 Å². The van der Waals surface area contributed by atoms with Gasteiger partial charge in [-0.3, -0.25) is 0 Å². The monoisotopic (exact) mass is 537 g/mol. The van der Waals surface area contributed by atoms with Crippen molar-refractivity contribution in [1.82, 2.24) is 0 Å². The van der Waals surface area contributed by atoms with Crippen molar-refractivity contribution in [2.75, 3.05) is 6.61 Å². The van der Waals surface area contributed by atoms with E-state index in [1.807, 2.05) is 0 Å². The molecule has 0 saturated heterocycles. The van der Waals surface area contributed by atoms with Crippen molar-refractivity contribution in [3.8, 4) is 0 Å². The molecule has 0 aliphatic heterocycles. The van der Waals surface area contributed by atoms with Crippen LogP contribution in [0.3, 0.4) is 0 Å². The predicted octanol–water partition coefficient (Wildman–Crippen LogP) is 13.5. The van der Waals surface area contributed by atoms with Gasteiger partial charge >= 0.3 is 0 Å². The van der Waals surface area contributed by atoms with Gasteiger partial charge in [-0.05, 0) is 12.3 Å². The van der Waals surface area contributed by atoms with E-state index >= 15 is 0 Å². The number of rotatable bonds is 34. The van der Waals surface area contributed by atoms with E-state index in [0.29, 0.717) is 6.61 Å². The fraction of sp³-hybridized carbons (Fsp3) is 1.00. The van der Waals surface area contributed by atoms with Crippen LogP contribution in [0.2, 0.25) is 0 Å². The molecule has 0 aliphatic rings. The molecule has 0 bridgehead atoms. The van der Waals surface area contributed by atoms with E-state index in [1.165, 1.54) is 205 Å². The highest BCUT2D eigenvalue weighted by molar-refractivity contribution is 4.54. The van der Waals surface area contributed by atoms with Gasteiger partial charge in [0.1, 0.15) is 0 Å². The summed E-state index contributed by atoms with van der Waals surface area (Å²) in [5, 5.41) is 8.79. The number of hydrogen-bond donors (Lipinski definition) is 1. The summed E-state index contributed by atoms with van der Waals surface area (Å²) in [5.41, 5.74) is 0. The lowest BCUT2D eigenvalue weighted by atomic mass is 9.99. The molecule has 1 N–H and O–H groups in total. The molecule has 0 aliphatic carbocycles. The van der Waals surface area contributed by atoms with E-state index in [1.54, 1.807) is 0 Å². The number of hydrogen-bond acceptors (Lipinski definition) is 1. The molecule has 0 radical (unpaired) electrons. The maximum absolute atomic E-state index is 8.79. The lowest BCUT2D eigenvalue weighted by Crippen LogP contribution is -1.91. The third kappa shape index (κ3) is 34.0. The van der Waals surface area contributed by atoms with Gasteiger partial charge in [-0.15, -0.1) is 0 Å². The Kier molecular flexibility index (Phi) is 35.0. The second kappa shape index (κ2) is 35.0. The van der Waals surface area contributed by atoms with Crippen LogP contribution in [-0.2, 0) is 0 Å². The number of aliphatic hydroxyl groups excluding tert-OH is 1. The highest BCUT2D eigenvalue weighted by Gasteiger charge is 1.99. The number of unbranched alkanes of at least 4 members (excludes halogenated alkanes) is 30. The van der Waals surface area contributed by atoms with Gasteiger partial charge in [0, 0.05) is 6.61 Å². The van der Waals surface area contributed by atoms with Crippen LogP contribution in [0.25, 0.3) is 0 Å². The molecular weight excluding hydrogens is 460 g/mol. The molecule has 1 unspecified atom stereocenters. The second-order valence-electron chi connectivity index (χ2n) is 13.0. The summed E-state index contributed by atoms with van der Waals surface area (Å²) >= 11 is 0. The van der Waals surface area contributed by atoms with Gasteiger partial charge < -0.3 is 5.11 Å². The fourth-order valence-electron chi connectivity index (χ4n) is 5.94. The van der Waals surface area contributed by atoms with Crippen molar-refractivity contribution in [3.05, 3.63) is 0 Å². The van der Waals surface area contributed by atoms with Gasteiger partial charge in [0.25, 0.3) is 0 Å². The first-order valence-electron chi connectivity index (χ1n) is 18.4. The minimum atomic E-state index is 0.374. The molecule has 0 amide bonds. The largest absolute Gasteiger partial charge is 0.396 e. The minimum Gasteiger partial charge on any atom is -0.396 e. The maximum Gasteiger partial charge on any atom is 0.0431 e. The quantitative estimate of drug-likeness (QED) is 0.0810. The van der Waals surface area contributed by atoms with Crippen LogP contribution in [-0.4, -0.2) is 11.7 Å². The zero-order chi connectivity index (χ0) is 27.6. The number of aliphatic hydroxyl groups is 1. The summed E-state index contributed by atoms with van der Waals surface area (Å²) < 4.78 is 0. The highest BCUT2D eigenvalue weighted by atomic mass is 16.2. The van der Waals surface area contributed by atoms with Gasteiger partial charge in [-0.25, -0.2) is 0 Å². The van der Waals surface area contributed by atoms with E-state index in [0.717, 1.165) is 12.3 Å². The van der Waals surface area contributed by atoms with Crippen LogP contribution in [0.5, 0.6) is 0 Å². The zero-order valence-electron chi connectivity index (χ0n) is 27.1. The van der Waals surface area contributed by atoms with Crippen molar-refractivity contribution in [3.63, 3.8) is 0 Å². The topological polar surface area (TPSA) is 20.2 Å².